The normalized spacial score (nSPS) is 12.2. The van der Waals surface area contributed by atoms with Crippen molar-refractivity contribution in [2.75, 3.05) is 5.73 Å². The Morgan fingerprint density at radius 3 is 2.41 bits per heavy atom. The van der Waals surface area contributed by atoms with E-state index in [4.69, 9.17) is 5.73 Å². The molecule has 0 spiro atoms. The Morgan fingerprint density at radius 1 is 0.969 bits per heavy atom. The van der Waals surface area contributed by atoms with Crippen LogP contribution in [0.15, 0.2) is 87.9 Å². The molecule has 5 rings (SSSR count). The minimum absolute atomic E-state index is 0.0536. The zero-order chi connectivity index (χ0) is 22.3. The van der Waals surface area contributed by atoms with Crippen LogP contribution in [0.3, 0.4) is 0 Å². The van der Waals surface area contributed by atoms with E-state index in [1.165, 1.54) is 4.68 Å². The van der Waals surface area contributed by atoms with Crippen molar-refractivity contribution < 1.29 is 8.42 Å². The van der Waals surface area contributed by atoms with Crippen LogP contribution >= 0.6 is 0 Å². The third-order valence-electron chi connectivity index (χ3n) is 5.03. The summed E-state index contributed by atoms with van der Waals surface area (Å²) in [5, 5.41) is 4.43. The molecule has 0 aliphatic rings. The Balaban J connectivity index is 1.82. The summed E-state index contributed by atoms with van der Waals surface area (Å²) in [5.74, 6) is -0.0536. The lowest BCUT2D eigenvalue weighted by molar-refractivity contribution is 0.597. The predicted molar refractivity (Wildman–Crippen MR) is 123 cm³/mol. The first-order valence-electron chi connectivity index (χ1n) is 9.78. The largest absolute Gasteiger partial charge is 0.382 e. The van der Waals surface area contributed by atoms with Gasteiger partial charge in [-0.15, -0.1) is 0 Å². The first-order valence-corrected chi connectivity index (χ1v) is 11.3. The van der Waals surface area contributed by atoms with Crippen LogP contribution in [0.2, 0.25) is 0 Å². The van der Waals surface area contributed by atoms with E-state index in [0.29, 0.717) is 11.0 Å². The zero-order valence-electron chi connectivity index (χ0n) is 17.0. The number of benzene rings is 2. The van der Waals surface area contributed by atoms with Gasteiger partial charge in [0.15, 0.2) is 5.65 Å². The molecule has 5 aromatic rings. The maximum Gasteiger partial charge on any atom is 0.212 e. The number of pyridine rings is 1. The second kappa shape index (κ2) is 7.54. The van der Waals surface area contributed by atoms with Crippen LogP contribution in [0, 0.1) is 6.92 Å². The number of hydrogen-bond acceptors (Lipinski definition) is 7. The van der Waals surface area contributed by atoms with Gasteiger partial charge in [0.1, 0.15) is 16.2 Å². The van der Waals surface area contributed by atoms with Gasteiger partial charge in [-0.1, -0.05) is 24.3 Å². The van der Waals surface area contributed by atoms with Gasteiger partial charge in [0, 0.05) is 12.4 Å². The number of sulfone groups is 1. The van der Waals surface area contributed by atoms with Crippen LogP contribution < -0.4 is 5.73 Å². The van der Waals surface area contributed by atoms with Gasteiger partial charge in [-0.3, -0.25) is 4.98 Å². The second-order valence-corrected chi connectivity index (χ2v) is 9.14. The number of nitrogen functional groups attached to an aromatic ring is 1. The maximum atomic E-state index is 13.6. The lowest BCUT2D eigenvalue weighted by Gasteiger charge is -2.05. The van der Waals surface area contributed by atoms with E-state index in [9.17, 15) is 8.42 Å². The minimum atomic E-state index is -3.98. The summed E-state index contributed by atoms with van der Waals surface area (Å²) in [5.41, 5.74) is 9.59. The lowest BCUT2D eigenvalue weighted by atomic mass is 10.2. The molecule has 0 fully saturated rings. The first-order chi connectivity index (χ1) is 15.4. The fourth-order valence-electron chi connectivity index (χ4n) is 3.48. The molecule has 0 saturated heterocycles. The summed E-state index contributed by atoms with van der Waals surface area (Å²) in [7, 11) is -3.98. The van der Waals surface area contributed by atoms with Crippen LogP contribution in [-0.2, 0) is 9.84 Å². The zero-order valence-corrected chi connectivity index (χ0v) is 17.9. The number of fused-ring (bicyclic) bond motifs is 2. The van der Waals surface area contributed by atoms with Gasteiger partial charge in [0.2, 0.25) is 9.84 Å². The highest BCUT2D eigenvalue weighted by Gasteiger charge is 2.30. The smallest absolute Gasteiger partial charge is 0.212 e. The summed E-state index contributed by atoms with van der Waals surface area (Å²) < 4.78 is 28.6. The number of nitrogens with zero attached hydrogens (tertiary/aromatic N) is 5. The molecule has 9 heteroatoms. The van der Waals surface area contributed by atoms with Crippen LogP contribution in [0.1, 0.15) is 11.1 Å². The van der Waals surface area contributed by atoms with Crippen molar-refractivity contribution in [3.05, 3.63) is 84.2 Å². The Bertz CT molecular complexity index is 1610. The molecule has 32 heavy (non-hydrogen) atoms. The third-order valence-corrected chi connectivity index (χ3v) is 6.84. The highest BCUT2D eigenvalue weighted by atomic mass is 32.2. The fourth-order valence-corrected chi connectivity index (χ4v) is 5.07. The van der Waals surface area contributed by atoms with Gasteiger partial charge in [-0.05, 0) is 54.4 Å². The van der Waals surface area contributed by atoms with Crippen LogP contribution in [0.5, 0.6) is 0 Å². The van der Waals surface area contributed by atoms with Gasteiger partial charge in [0.25, 0.3) is 0 Å². The van der Waals surface area contributed by atoms with Crippen molar-refractivity contribution in [2.45, 2.75) is 16.7 Å². The van der Waals surface area contributed by atoms with E-state index >= 15 is 0 Å². The molecule has 3 heterocycles. The molecule has 2 aromatic carbocycles. The van der Waals surface area contributed by atoms with Crippen molar-refractivity contribution >= 4 is 44.1 Å². The molecule has 0 amide bonds. The van der Waals surface area contributed by atoms with Gasteiger partial charge in [-0.2, -0.15) is 9.78 Å². The maximum absolute atomic E-state index is 13.6. The van der Waals surface area contributed by atoms with E-state index in [1.54, 1.807) is 61.1 Å². The number of hydrogen-bond donors (Lipinski definition) is 1. The van der Waals surface area contributed by atoms with Crippen LogP contribution in [0.4, 0.5) is 5.82 Å². The quantitative estimate of drug-likeness (QED) is 0.425. The lowest BCUT2D eigenvalue weighted by Crippen LogP contribution is -2.07. The van der Waals surface area contributed by atoms with Crippen molar-refractivity contribution in [1.29, 1.82) is 0 Å². The molecule has 0 aliphatic heterocycles. The summed E-state index contributed by atoms with van der Waals surface area (Å²) in [6.07, 6.45) is 4.84. The molecule has 0 unspecified atom stereocenters. The fraction of sp³-hybridized carbons (Fsp3) is 0.0435. The summed E-state index contributed by atoms with van der Waals surface area (Å²) in [6.45, 7) is 1.83. The molecular weight excluding hydrogens is 424 g/mol. The molecule has 0 bridgehead atoms. The summed E-state index contributed by atoms with van der Waals surface area (Å²) in [6, 6.07) is 17.5. The predicted octanol–water partition coefficient (Wildman–Crippen LogP) is 3.59. The van der Waals surface area contributed by atoms with Gasteiger partial charge in [-0.25, -0.2) is 18.4 Å². The number of anilines is 1. The number of aryl methyl sites for hydroxylation is 1. The Labute approximate surface area is 184 Å². The molecular formula is C23H18N6O2S. The standard InChI is InChI=1S/C23H18N6O2S/c1-15-5-4-6-17(13-15)32(30,31)21-20-23(28-19-8-3-2-7-18(19)27-20)29(22(21)24)26-14-16-9-11-25-12-10-16/h2-14H,24H2,1H3/b26-14-. The second-order valence-electron chi connectivity index (χ2n) is 7.26. The summed E-state index contributed by atoms with van der Waals surface area (Å²) in [4.78, 5) is 13.2. The molecule has 0 saturated carbocycles. The van der Waals surface area contributed by atoms with Gasteiger partial charge < -0.3 is 5.73 Å². The van der Waals surface area contributed by atoms with Crippen LogP contribution in [0.25, 0.3) is 22.2 Å². The molecule has 3 aromatic heterocycles. The average Bonchev–Trinajstić information content (AvgIpc) is 3.07. The van der Waals surface area contributed by atoms with Crippen molar-refractivity contribution in [2.24, 2.45) is 5.10 Å². The van der Waals surface area contributed by atoms with Crippen molar-refractivity contribution in [3.8, 4) is 0 Å². The molecule has 0 radical (unpaired) electrons. The van der Waals surface area contributed by atoms with E-state index in [-0.39, 0.29) is 26.8 Å². The average molecular weight is 443 g/mol. The molecule has 0 aliphatic carbocycles. The van der Waals surface area contributed by atoms with Gasteiger partial charge >= 0.3 is 0 Å². The minimum Gasteiger partial charge on any atom is -0.382 e. The van der Waals surface area contributed by atoms with Crippen molar-refractivity contribution in [3.63, 3.8) is 0 Å². The molecule has 158 valence electrons. The van der Waals surface area contributed by atoms with E-state index in [0.717, 1.165) is 11.1 Å². The van der Waals surface area contributed by atoms with E-state index in [1.807, 2.05) is 25.1 Å². The highest BCUT2D eigenvalue weighted by molar-refractivity contribution is 7.92. The Hall–Kier alpha value is -4.11. The van der Waals surface area contributed by atoms with Crippen molar-refractivity contribution in [1.82, 2.24) is 19.6 Å². The third kappa shape index (κ3) is 3.28. The first kappa shape index (κ1) is 19.8. The van der Waals surface area contributed by atoms with E-state index in [2.05, 4.69) is 20.1 Å². The number of para-hydroxylation sites is 2. The monoisotopic (exact) mass is 442 g/mol. The molecule has 8 nitrogen and oxygen atoms in total. The highest BCUT2D eigenvalue weighted by Crippen LogP contribution is 2.35. The SMILES string of the molecule is Cc1cccc(S(=O)(=O)c2c(N)n(/N=C\c3ccncc3)c3nc4ccccc4nc23)c1. The topological polar surface area (TPSA) is 116 Å². The Morgan fingerprint density at radius 2 is 1.69 bits per heavy atom. The van der Waals surface area contributed by atoms with Crippen LogP contribution in [-0.4, -0.2) is 34.3 Å². The molecule has 0 atom stereocenters. The molecule has 2 N–H and O–H groups in total. The Kier molecular flexibility index (Phi) is 4.67. The number of nitrogens with two attached hydrogens (primary N) is 1. The van der Waals surface area contributed by atoms with Gasteiger partial charge in [0.05, 0.1) is 22.1 Å². The van der Waals surface area contributed by atoms with E-state index < -0.39 is 9.84 Å². The number of aromatic nitrogens is 4. The number of rotatable bonds is 4. The summed E-state index contributed by atoms with van der Waals surface area (Å²) >= 11 is 0.